The standard InChI is InChI=1S/C15H17ClN2O/c1-10-7-15(17-9-12-3-2-6-19-12)18-14-8-11(16)4-5-13(10)14/h4-5,7-8,12H,2-3,6,9H2,1H3,(H,17,18). The first kappa shape index (κ1) is 12.7. The minimum absolute atomic E-state index is 0.317. The zero-order valence-electron chi connectivity index (χ0n) is 10.9. The Balaban J connectivity index is 1.83. The number of ether oxygens (including phenoxy) is 1. The molecule has 0 aliphatic carbocycles. The summed E-state index contributed by atoms with van der Waals surface area (Å²) in [6, 6.07) is 7.90. The molecule has 1 aromatic carbocycles. The van der Waals surface area contributed by atoms with Gasteiger partial charge in [-0.05, 0) is 43.5 Å². The molecule has 3 nitrogen and oxygen atoms in total. The zero-order valence-corrected chi connectivity index (χ0v) is 11.7. The van der Waals surface area contributed by atoms with Crippen LogP contribution in [0.25, 0.3) is 10.9 Å². The lowest BCUT2D eigenvalue weighted by molar-refractivity contribution is 0.120. The first-order valence-corrected chi connectivity index (χ1v) is 7.02. The normalized spacial score (nSPS) is 18.9. The van der Waals surface area contributed by atoms with Crippen molar-refractivity contribution in [3.05, 3.63) is 34.9 Å². The molecule has 0 bridgehead atoms. The van der Waals surface area contributed by atoms with Crippen molar-refractivity contribution >= 4 is 28.3 Å². The Hall–Kier alpha value is -1.32. The van der Waals surface area contributed by atoms with E-state index in [0.717, 1.165) is 47.7 Å². The van der Waals surface area contributed by atoms with Crippen LogP contribution in [0.15, 0.2) is 24.3 Å². The summed E-state index contributed by atoms with van der Waals surface area (Å²) in [7, 11) is 0. The summed E-state index contributed by atoms with van der Waals surface area (Å²) in [6.07, 6.45) is 2.61. The van der Waals surface area contributed by atoms with E-state index >= 15 is 0 Å². The maximum atomic E-state index is 6.02. The van der Waals surface area contributed by atoms with Gasteiger partial charge in [-0.15, -0.1) is 0 Å². The van der Waals surface area contributed by atoms with Crippen LogP contribution in [-0.2, 0) is 4.74 Å². The average molecular weight is 277 g/mol. The topological polar surface area (TPSA) is 34.1 Å². The third-order valence-electron chi connectivity index (χ3n) is 3.51. The summed E-state index contributed by atoms with van der Waals surface area (Å²) < 4.78 is 5.60. The number of aryl methyl sites for hydroxylation is 1. The van der Waals surface area contributed by atoms with Crippen molar-refractivity contribution in [2.75, 3.05) is 18.5 Å². The first-order chi connectivity index (χ1) is 9.22. The lowest BCUT2D eigenvalue weighted by atomic mass is 10.1. The molecule has 1 aromatic heterocycles. The third kappa shape index (κ3) is 2.82. The van der Waals surface area contributed by atoms with Crippen LogP contribution in [0.1, 0.15) is 18.4 Å². The van der Waals surface area contributed by atoms with E-state index in [0.29, 0.717) is 6.10 Å². The lowest BCUT2D eigenvalue weighted by Crippen LogP contribution is -2.19. The molecule has 0 spiro atoms. The minimum atomic E-state index is 0.317. The number of rotatable bonds is 3. The SMILES string of the molecule is Cc1cc(NCC2CCCO2)nc2cc(Cl)ccc12. The van der Waals surface area contributed by atoms with Crippen molar-refractivity contribution in [1.82, 2.24) is 4.98 Å². The van der Waals surface area contributed by atoms with Crippen LogP contribution in [0, 0.1) is 6.92 Å². The van der Waals surface area contributed by atoms with Gasteiger partial charge in [0.1, 0.15) is 5.82 Å². The molecule has 2 heterocycles. The van der Waals surface area contributed by atoms with E-state index in [1.165, 1.54) is 5.56 Å². The molecule has 2 aromatic rings. The van der Waals surface area contributed by atoms with Gasteiger partial charge in [-0.25, -0.2) is 4.98 Å². The van der Waals surface area contributed by atoms with Gasteiger partial charge in [-0.1, -0.05) is 17.7 Å². The summed E-state index contributed by atoms with van der Waals surface area (Å²) in [5.41, 5.74) is 2.14. The highest BCUT2D eigenvalue weighted by molar-refractivity contribution is 6.31. The molecule has 0 amide bonds. The molecule has 1 N–H and O–H groups in total. The monoisotopic (exact) mass is 276 g/mol. The van der Waals surface area contributed by atoms with Gasteiger partial charge in [0.15, 0.2) is 0 Å². The van der Waals surface area contributed by atoms with E-state index in [1.54, 1.807) is 0 Å². The molecule has 1 unspecified atom stereocenters. The van der Waals surface area contributed by atoms with Crippen molar-refractivity contribution in [1.29, 1.82) is 0 Å². The molecule has 1 saturated heterocycles. The van der Waals surface area contributed by atoms with Gasteiger partial charge in [-0.2, -0.15) is 0 Å². The zero-order chi connectivity index (χ0) is 13.2. The Morgan fingerprint density at radius 3 is 3.11 bits per heavy atom. The number of nitrogens with one attached hydrogen (secondary N) is 1. The Bertz CT molecular complexity index is 594. The summed E-state index contributed by atoms with van der Waals surface area (Å²) in [6.45, 7) is 3.79. The number of hydrogen-bond donors (Lipinski definition) is 1. The molecular weight excluding hydrogens is 260 g/mol. The molecule has 1 fully saturated rings. The highest BCUT2D eigenvalue weighted by Gasteiger charge is 2.15. The van der Waals surface area contributed by atoms with E-state index in [-0.39, 0.29) is 0 Å². The second-order valence-corrected chi connectivity index (χ2v) is 5.44. The van der Waals surface area contributed by atoms with E-state index in [9.17, 15) is 0 Å². The van der Waals surface area contributed by atoms with Crippen molar-refractivity contribution in [2.24, 2.45) is 0 Å². The predicted molar refractivity (Wildman–Crippen MR) is 79.0 cm³/mol. The summed E-state index contributed by atoms with van der Waals surface area (Å²) in [4.78, 5) is 4.61. The van der Waals surface area contributed by atoms with Crippen molar-refractivity contribution < 1.29 is 4.74 Å². The van der Waals surface area contributed by atoms with Crippen LogP contribution in [0.5, 0.6) is 0 Å². The van der Waals surface area contributed by atoms with E-state index in [2.05, 4.69) is 23.3 Å². The molecule has 1 aliphatic heterocycles. The fourth-order valence-corrected chi connectivity index (χ4v) is 2.66. The maximum absolute atomic E-state index is 6.02. The number of benzene rings is 1. The summed E-state index contributed by atoms with van der Waals surface area (Å²) in [5.74, 6) is 0.891. The molecule has 1 atom stereocenters. The van der Waals surface area contributed by atoms with Crippen LogP contribution < -0.4 is 5.32 Å². The van der Waals surface area contributed by atoms with Gasteiger partial charge in [0.2, 0.25) is 0 Å². The Kier molecular flexibility index (Phi) is 3.58. The largest absolute Gasteiger partial charge is 0.376 e. The van der Waals surface area contributed by atoms with Gasteiger partial charge in [-0.3, -0.25) is 0 Å². The molecule has 0 saturated carbocycles. The predicted octanol–water partition coefficient (Wildman–Crippen LogP) is 3.79. The van der Waals surface area contributed by atoms with Gasteiger partial charge >= 0.3 is 0 Å². The van der Waals surface area contributed by atoms with Crippen molar-refractivity contribution in [3.8, 4) is 0 Å². The van der Waals surface area contributed by atoms with Gasteiger partial charge in [0.05, 0.1) is 11.6 Å². The fourth-order valence-electron chi connectivity index (χ4n) is 2.49. The smallest absolute Gasteiger partial charge is 0.127 e. The molecule has 4 heteroatoms. The van der Waals surface area contributed by atoms with E-state index in [4.69, 9.17) is 16.3 Å². The molecular formula is C15H17ClN2O. The number of halogens is 1. The van der Waals surface area contributed by atoms with Crippen molar-refractivity contribution in [3.63, 3.8) is 0 Å². The van der Waals surface area contributed by atoms with Crippen LogP contribution in [0.4, 0.5) is 5.82 Å². The van der Waals surface area contributed by atoms with Gasteiger partial charge in [0.25, 0.3) is 0 Å². The number of hydrogen-bond acceptors (Lipinski definition) is 3. The molecule has 1 aliphatic rings. The van der Waals surface area contributed by atoms with Gasteiger partial charge < -0.3 is 10.1 Å². The number of pyridine rings is 1. The number of anilines is 1. The number of aromatic nitrogens is 1. The molecule has 3 rings (SSSR count). The molecule has 0 radical (unpaired) electrons. The quantitative estimate of drug-likeness (QED) is 0.926. The average Bonchev–Trinajstić information content (AvgIpc) is 2.89. The molecule has 100 valence electrons. The minimum Gasteiger partial charge on any atom is -0.376 e. The summed E-state index contributed by atoms with van der Waals surface area (Å²) in [5, 5.41) is 5.22. The lowest BCUT2D eigenvalue weighted by Gasteiger charge is -2.13. The van der Waals surface area contributed by atoms with Crippen molar-refractivity contribution in [2.45, 2.75) is 25.9 Å². The Morgan fingerprint density at radius 1 is 1.42 bits per heavy atom. The van der Waals surface area contributed by atoms with E-state index < -0.39 is 0 Å². The number of fused-ring (bicyclic) bond motifs is 1. The van der Waals surface area contributed by atoms with Gasteiger partial charge in [0, 0.05) is 23.6 Å². The Morgan fingerprint density at radius 2 is 2.32 bits per heavy atom. The molecule has 19 heavy (non-hydrogen) atoms. The fraction of sp³-hybridized carbons (Fsp3) is 0.400. The highest BCUT2D eigenvalue weighted by atomic mass is 35.5. The number of nitrogens with zero attached hydrogens (tertiary/aromatic N) is 1. The van der Waals surface area contributed by atoms with Crippen LogP contribution in [0.2, 0.25) is 5.02 Å². The van der Waals surface area contributed by atoms with E-state index in [1.807, 2.05) is 18.2 Å². The van der Waals surface area contributed by atoms with Crippen LogP contribution >= 0.6 is 11.6 Å². The summed E-state index contributed by atoms with van der Waals surface area (Å²) >= 11 is 6.02. The second-order valence-electron chi connectivity index (χ2n) is 5.00. The third-order valence-corrected chi connectivity index (χ3v) is 3.75. The van der Waals surface area contributed by atoms with Crippen LogP contribution in [0.3, 0.4) is 0 Å². The Labute approximate surface area is 117 Å². The highest BCUT2D eigenvalue weighted by Crippen LogP contribution is 2.23. The first-order valence-electron chi connectivity index (χ1n) is 6.65. The van der Waals surface area contributed by atoms with Crippen LogP contribution in [-0.4, -0.2) is 24.2 Å². The second kappa shape index (κ2) is 5.35. The maximum Gasteiger partial charge on any atom is 0.127 e.